The van der Waals surface area contributed by atoms with Crippen molar-refractivity contribution in [3.63, 3.8) is 0 Å². The summed E-state index contributed by atoms with van der Waals surface area (Å²) in [6.45, 7) is 5.46. The number of primary amides is 1. The van der Waals surface area contributed by atoms with E-state index in [0.717, 1.165) is 54.9 Å². The van der Waals surface area contributed by atoms with Gasteiger partial charge >= 0.3 is 0 Å². The Hall–Kier alpha value is -3.79. The fourth-order valence-corrected chi connectivity index (χ4v) is 7.15. The van der Waals surface area contributed by atoms with Gasteiger partial charge in [0, 0.05) is 24.1 Å². The molecule has 2 saturated heterocycles. The minimum atomic E-state index is -0.648. The van der Waals surface area contributed by atoms with E-state index >= 15 is 0 Å². The third-order valence-electron chi connectivity index (χ3n) is 9.65. The van der Waals surface area contributed by atoms with Crippen LogP contribution in [0, 0.1) is 6.92 Å². The van der Waals surface area contributed by atoms with Crippen molar-refractivity contribution in [2.45, 2.75) is 43.4 Å². The Morgan fingerprint density at radius 1 is 0.909 bits per heavy atom. The minimum absolute atomic E-state index is 0.0218. The lowest BCUT2D eigenvalue weighted by Gasteiger charge is -2.41. The topological polar surface area (TPSA) is 110 Å². The van der Waals surface area contributed by atoms with Crippen LogP contribution in [0.15, 0.2) is 73.1 Å². The second-order valence-electron chi connectivity index (χ2n) is 12.0. The van der Waals surface area contributed by atoms with Gasteiger partial charge in [0.15, 0.2) is 0 Å². The lowest BCUT2D eigenvalue weighted by atomic mass is 9.71. The van der Waals surface area contributed by atoms with Crippen molar-refractivity contribution >= 4 is 35.0 Å². The molecule has 0 unspecified atom stereocenters. The maximum Gasteiger partial charge on any atom is 0.254 e. The van der Waals surface area contributed by atoms with Crippen LogP contribution in [0.4, 0.5) is 0 Å². The number of nitrogens with two attached hydrogens (primary N) is 1. The number of aryl methyl sites for hydroxylation is 1. The molecule has 11 heteroatoms. The maximum absolute atomic E-state index is 14.0. The van der Waals surface area contributed by atoms with Gasteiger partial charge in [0.1, 0.15) is 6.33 Å². The number of halogens is 2. The third kappa shape index (κ3) is 5.72. The molecule has 2 fully saturated rings. The molecule has 2 N–H and O–H groups in total. The molecule has 44 heavy (non-hydrogen) atoms. The maximum atomic E-state index is 14.0. The smallest absolute Gasteiger partial charge is 0.254 e. The third-order valence-corrected chi connectivity index (χ3v) is 10.4. The highest BCUT2D eigenvalue weighted by atomic mass is 35.5. The summed E-state index contributed by atoms with van der Waals surface area (Å²) in [5.74, 6) is -0.286. The summed E-state index contributed by atoms with van der Waals surface area (Å²) in [4.78, 5) is 31.0. The van der Waals surface area contributed by atoms with Crippen molar-refractivity contribution in [2.24, 2.45) is 5.73 Å². The number of carbonyl (C=O) groups is 2. The van der Waals surface area contributed by atoms with E-state index in [2.05, 4.69) is 20.4 Å². The summed E-state index contributed by atoms with van der Waals surface area (Å²) < 4.78 is 1.55. The Labute approximate surface area is 266 Å². The van der Waals surface area contributed by atoms with E-state index in [0.29, 0.717) is 41.5 Å². The van der Waals surface area contributed by atoms with Crippen LogP contribution in [0.5, 0.6) is 0 Å². The van der Waals surface area contributed by atoms with Crippen molar-refractivity contribution in [3.8, 4) is 5.69 Å². The molecule has 1 atom stereocenters. The van der Waals surface area contributed by atoms with E-state index in [1.807, 2.05) is 78.6 Å². The zero-order valence-corrected chi connectivity index (χ0v) is 26.1. The van der Waals surface area contributed by atoms with Crippen molar-refractivity contribution in [1.82, 2.24) is 30.0 Å². The van der Waals surface area contributed by atoms with Crippen molar-refractivity contribution in [1.29, 1.82) is 0 Å². The van der Waals surface area contributed by atoms with Crippen LogP contribution in [-0.4, -0.2) is 74.5 Å². The highest BCUT2D eigenvalue weighted by Gasteiger charge is 2.44. The van der Waals surface area contributed by atoms with Gasteiger partial charge in [-0.2, -0.15) is 0 Å². The van der Waals surface area contributed by atoms with Gasteiger partial charge < -0.3 is 15.5 Å². The first-order valence-electron chi connectivity index (χ1n) is 14.9. The van der Waals surface area contributed by atoms with Gasteiger partial charge in [0.25, 0.3) is 5.91 Å². The molecule has 1 aromatic heterocycles. The monoisotopic (exact) mass is 631 g/mol. The lowest BCUT2D eigenvalue weighted by Crippen LogP contribution is -2.50. The number of piperidine rings is 1. The predicted molar refractivity (Wildman–Crippen MR) is 170 cm³/mol. The lowest BCUT2D eigenvalue weighted by molar-refractivity contribution is -0.125. The molecule has 4 aromatic rings. The molecule has 6 rings (SSSR count). The van der Waals surface area contributed by atoms with E-state index in [1.165, 1.54) is 6.33 Å². The van der Waals surface area contributed by atoms with Crippen LogP contribution in [-0.2, 0) is 15.6 Å². The number of hydrogen-bond acceptors (Lipinski definition) is 6. The molecule has 2 aliphatic heterocycles. The zero-order valence-electron chi connectivity index (χ0n) is 24.6. The normalized spacial score (nSPS) is 20.1. The zero-order chi connectivity index (χ0) is 30.9. The standard InChI is InChI=1S/C33H35Cl2N7O2/c1-23-7-9-26(42-22-37-38-39-42)20-27(23)30(43)41-18-12-32(21-41,25-8-10-28(34)29(35)19-25)11-15-40-16-13-33(14-17-40,31(36)44)24-5-3-2-4-6-24/h2-10,19-20,22H,11-18,21H2,1H3,(H2,36,44)/t32-/m0/s1. The Bertz CT molecular complexity index is 1660. The molecule has 3 heterocycles. The van der Waals surface area contributed by atoms with E-state index in [9.17, 15) is 9.59 Å². The molecule has 0 saturated carbocycles. The number of likely N-dealkylation sites (tertiary alicyclic amines) is 2. The number of nitrogens with zero attached hydrogens (tertiary/aromatic N) is 6. The van der Waals surface area contributed by atoms with Gasteiger partial charge in [-0.15, -0.1) is 5.10 Å². The van der Waals surface area contributed by atoms with Crippen molar-refractivity contribution < 1.29 is 9.59 Å². The summed E-state index contributed by atoms with van der Waals surface area (Å²) in [5.41, 5.74) is 9.35. The Balaban J connectivity index is 1.22. The van der Waals surface area contributed by atoms with E-state index in [-0.39, 0.29) is 17.2 Å². The number of rotatable bonds is 8. The highest BCUT2D eigenvalue weighted by molar-refractivity contribution is 6.42. The van der Waals surface area contributed by atoms with E-state index in [4.69, 9.17) is 28.9 Å². The second kappa shape index (κ2) is 12.3. The van der Waals surface area contributed by atoms with E-state index < -0.39 is 5.41 Å². The second-order valence-corrected chi connectivity index (χ2v) is 12.9. The van der Waals surface area contributed by atoms with Gasteiger partial charge in [0.2, 0.25) is 5.91 Å². The SMILES string of the molecule is Cc1ccc(-n2cnnn2)cc1C(=O)N1CC[C@](CCN2CCC(C(N)=O)(c3ccccc3)CC2)(c2ccc(Cl)c(Cl)c2)C1. The summed E-state index contributed by atoms with van der Waals surface area (Å²) in [6.07, 6.45) is 4.48. The molecule has 0 aliphatic carbocycles. The largest absolute Gasteiger partial charge is 0.369 e. The molecule has 228 valence electrons. The summed E-state index contributed by atoms with van der Waals surface area (Å²) in [6, 6.07) is 21.4. The first-order valence-corrected chi connectivity index (χ1v) is 15.6. The van der Waals surface area contributed by atoms with Crippen LogP contribution >= 0.6 is 23.2 Å². The van der Waals surface area contributed by atoms with Gasteiger partial charge in [-0.1, -0.05) is 65.7 Å². The minimum Gasteiger partial charge on any atom is -0.369 e. The number of benzene rings is 3. The van der Waals surface area contributed by atoms with Crippen LogP contribution < -0.4 is 5.73 Å². The molecule has 0 radical (unpaired) electrons. The van der Waals surface area contributed by atoms with Crippen LogP contribution in [0.2, 0.25) is 10.0 Å². The molecule has 3 aromatic carbocycles. The van der Waals surface area contributed by atoms with Gasteiger partial charge in [-0.3, -0.25) is 9.59 Å². The van der Waals surface area contributed by atoms with Gasteiger partial charge in [0.05, 0.1) is 21.1 Å². The Kier molecular flexibility index (Phi) is 8.46. The van der Waals surface area contributed by atoms with E-state index in [1.54, 1.807) is 4.68 Å². The number of amides is 2. The van der Waals surface area contributed by atoms with Crippen LogP contribution in [0.3, 0.4) is 0 Å². The van der Waals surface area contributed by atoms with Gasteiger partial charge in [-0.05, 0) is 104 Å². The molecular formula is C33H35Cl2N7O2. The number of carbonyl (C=O) groups excluding carboxylic acids is 2. The van der Waals surface area contributed by atoms with Gasteiger partial charge in [-0.25, -0.2) is 4.68 Å². The molecule has 9 nitrogen and oxygen atoms in total. The average Bonchev–Trinajstić information content (AvgIpc) is 3.74. The molecule has 0 spiro atoms. The first-order chi connectivity index (χ1) is 21.2. The average molecular weight is 633 g/mol. The Morgan fingerprint density at radius 3 is 2.36 bits per heavy atom. The molecule has 0 bridgehead atoms. The number of aromatic nitrogens is 4. The summed E-state index contributed by atoms with van der Waals surface area (Å²) in [7, 11) is 0. The number of tetrazole rings is 1. The molecule has 2 aliphatic rings. The Morgan fingerprint density at radius 2 is 1.68 bits per heavy atom. The highest BCUT2D eigenvalue weighted by Crippen LogP contribution is 2.42. The van der Waals surface area contributed by atoms with Crippen molar-refractivity contribution in [2.75, 3.05) is 32.7 Å². The van der Waals surface area contributed by atoms with Crippen molar-refractivity contribution in [3.05, 3.63) is 105 Å². The first kappa shape index (κ1) is 30.2. The van der Waals surface area contributed by atoms with Crippen LogP contribution in [0.25, 0.3) is 5.69 Å². The summed E-state index contributed by atoms with van der Waals surface area (Å²) >= 11 is 12.8. The van der Waals surface area contributed by atoms with Crippen LogP contribution in [0.1, 0.15) is 52.7 Å². The molecule has 2 amide bonds. The fourth-order valence-electron chi connectivity index (χ4n) is 6.85. The molecular weight excluding hydrogens is 597 g/mol. The quantitative estimate of drug-likeness (QED) is 0.294. The summed E-state index contributed by atoms with van der Waals surface area (Å²) in [5, 5.41) is 12.4. The fraction of sp³-hybridized carbons (Fsp3) is 0.364. The number of hydrogen-bond donors (Lipinski definition) is 1. The predicted octanol–water partition coefficient (Wildman–Crippen LogP) is 4.97.